The Balaban J connectivity index is 2.32. The number of nitrogens with zero attached hydrogens (tertiary/aromatic N) is 2. The number of hydrogen-bond acceptors (Lipinski definition) is 4. The molecule has 0 amide bonds. The number of hydrogen-bond donors (Lipinski definition) is 2. The first-order chi connectivity index (χ1) is 9.11. The molecule has 0 atom stereocenters. The molecule has 2 aromatic rings. The fourth-order valence-corrected chi connectivity index (χ4v) is 1.77. The molecular weight excluding hydrogens is 290 g/mol. The van der Waals surface area contributed by atoms with Gasteiger partial charge in [-0.2, -0.15) is 4.98 Å². The Hall–Kier alpha value is -1.59. The first-order valence-corrected chi connectivity index (χ1v) is 6.35. The monoisotopic (exact) mass is 300 g/mol. The van der Waals surface area contributed by atoms with Crippen LogP contribution in [0.5, 0.6) is 0 Å². The molecule has 19 heavy (non-hydrogen) atoms. The molecule has 0 saturated carbocycles. The third-order valence-electron chi connectivity index (χ3n) is 2.28. The zero-order chi connectivity index (χ0) is 13.8. The average Bonchev–Trinajstić information content (AvgIpc) is 2.39. The van der Waals surface area contributed by atoms with Gasteiger partial charge in [-0.3, -0.25) is 0 Å². The first kappa shape index (κ1) is 13.8. The van der Waals surface area contributed by atoms with Gasteiger partial charge in [0.1, 0.15) is 0 Å². The smallest absolute Gasteiger partial charge is 0.224 e. The molecule has 1 heterocycles. The van der Waals surface area contributed by atoms with Gasteiger partial charge in [-0.1, -0.05) is 29.3 Å². The minimum atomic E-state index is -0.572. The largest absolute Gasteiger partial charge is 0.354 e. The van der Waals surface area contributed by atoms with E-state index in [-0.39, 0.29) is 5.82 Å². The molecule has 0 radical (unpaired) electrons. The molecule has 0 bridgehead atoms. The van der Waals surface area contributed by atoms with Crippen LogP contribution in [0.1, 0.15) is 6.92 Å². The lowest BCUT2D eigenvalue weighted by molar-refractivity contribution is 0.619. The fraction of sp³-hybridized carbons (Fsp3) is 0.167. The summed E-state index contributed by atoms with van der Waals surface area (Å²) >= 11 is 11.9. The molecule has 0 saturated heterocycles. The van der Waals surface area contributed by atoms with Gasteiger partial charge in [-0.05, 0) is 19.1 Å². The molecule has 0 unspecified atom stereocenters. The second-order valence-corrected chi connectivity index (χ2v) is 4.43. The molecule has 1 aromatic carbocycles. The summed E-state index contributed by atoms with van der Waals surface area (Å²) in [5.74, 6) is -0.197. The molecule has 2 rings (SSSR count). The summed E-state index contributed by atoms with van der Waals surface area (Å²) in [6, 6.07) is 5.04. The predicted molar refractivity (Wildman–Crippen MR) is 75.9 cm³/mol. The highest BCUT2D eigenvalue weighted by Gasteiger charge is 2.10. The van der Waals surface area contributed by atoms with E-state index in [0.717, 1.165) is 6.20 Å². The van der Waals surface area contributed by atoms with Crippen LogP contribution in [0.25, 0.3) is 0 Å². The van der Waals surface area contributed by atoms with Crippen molar-refractivity contribution in [1.29, 1.82) is 0 Å². The Bertz CT molecular complexity index is 592. The van der Waals surface area contributed by atoms with Gasteiger partial charge >= 0.3 is 0 Å². The van der Waals surface area contributed by atoms with Crippen molar-refractivity contribution in [2.24, 2.45) is 0 Å². The maximum atomic E-state index is 13.6. The molecule has 0 aliphatic carbocycles. The quantitative estimate of drug-likeness (QED) is 0.892. The number of rotatable bonds is 4. The number of aromatic nitrogens is 2. The van der Waals surface area contributed by atoms with E-state index >= 15 is 0 Å². The molecule has 0 spiro atoms. The maximum Gasteiger partial charge on any atom is 0.224 e. The highest BCUT2D eigenvalue weighted by atomic mass is 35.5. The molecular formula is C12H11Cl2FN4. The van der Waals surface area contributed by atoms with Crippen molar-refractivity contribution in [3.8, 4) is 0 Å². The molecule has 0 fully saturated rings. The topological polar surface area (TPSA) is 49.8 Å². The van der Waals surface area contributed by atoms with Gasteiger partial charge in [0.25, 0.3) is 0 Å². The summed E-state index contributed by atoms with van der Waals surface area (Å²) in [5.41, 5.74) is 0.481. The predicted octanol–water partition coefficient (Wildman–Crippen LogP) is 4.10. The molecule has 2 N–H and O–H groups in total. The van der Waals surface area contributed by atoms with E-state index in [0.29, 0.717) is 28.2 Å². The van der Waals surface area contributed by atoms with Gasteiger partial charge in [-0.15, -0.1) is 0 Å². The summed E-state index contributed by atoms with van der Waals surface area (Å²) in [6.45, 7) is 2.54. The fourth-order valence-electron chi connectivity index (χ4n) is 1.43. The van der Waals surface area contributed by atoms with E-state index in [1.54, 1.807) is 18.2 Å². The van der Waals surface area contributed by atoms with Gasteiger partial charge in [0, 0.05) is 6.54 Å². The molecule has 1 aromatic heterocycles. The highest BCUT2D eigenvalue weighted by molar-refractivity contribution is 6.43. The third-order valence-corrected chi connectivity index (χ3v) is 3.10. The van der Waals surface area contributed by atoms with Gasteiger partial charge in [0.15, 0.2) is 11.6 Å². The van der Waals surface area contributed by atoms with Crippen LogP contribution in [0.3, 0.4) is 0 Å². The van der Waals surface area contributed by atoms with Crippen LogP contribution in [0.15, 0.2) is 24.4 Å². The summed E-state index contributed by atoms with van der Waals surface area (Å²) < 4.78 is 13.6. The molecule has 0 aliphatic heterocycles. The number of halogens is 3. The van der Waals surface area contributed by atoms with Gasteiger partial charge in [-0.25, -0.2) is 9.37 Å². The number of benzene rings is 1. The molecule has 7 heteroatoms. The van der Waals surface area contributed by atoms with Crippen molar-refractivity contribution in [2.75, 3.05) is 17.2 Å². The van der Waals surface area contributed by atoms with E-state index in [9.17, 15) is 4.39 Å². The summed E-state index contributed by atoms with van der Waals surface area (Å²) in [7, 11) is 0. The lowest BCUT2D eigenvalue weighted by Crippen LogP contribution is -2.06. The average molecular weight is 301 g/mol. The normalized spacial score (nSPS) is 10.3. The van der Waals surface area contributed by atoms with Gasteiger partial charge in [0.05, 0.1) is 21.9 Å². The van der Waals surface area contributed by atoms with Crippen molar-refractivity contribution >= 4 is 40.7 Å². The Morgan fingerprint density at radius 2 is 2.11 bits per heavy atom. The maximum absolute atomic E-state index is 13.6. The van der Waals surface area contributed by atoms with E-state index in [4.69, 9.17) is 23.2 Å². The van der Waals surface area contributed by atoms with Crippen LogP contribution < -0.4 is 10.6 Å². The van der Waals surface area contributed by atoms with Crippen molar-refractivity contribution in [1.82, 2.24) is 9.97 Å². The van der Waals surface area contributed by atoms with Crippen LogP contribution in [-0.2, 0) is 0 Å². The Kier molecular flexibility index (Phi) is 4.39. The van der Waals surface area contributed by atoms with Crippen LogP contribution in [0.4, 0.5) is 21.8 Å². The van der Waals surface area contributed by atoms with Crippen molar-refractivity contribution in [2.45, 2.75) is 6.92 Å². The van der Waals surface area contributed by atoms with E-state index in [1.165, 1.54) is 0 Å². The second-order valence-electron chi connectivity index (χ2n) is 3.65. The van der Waals surface area contributed by atoms with E-state index in [1.807, 2.05) is 6.92 Å². The molecule has 100 valence electrons. The summed E-state index contributed by atoms with van der Waals surface area (Å²) in [4.78, 5) is 7.83. The Morgan fingerprint density at radius 1 is 1.32 bits per heavy atom. The summed E-state index contributed by atoms with van der Waals surface area (Å²) in [5, 5.41) is 6.39. The van der Waals surface area contributed by atoms with Gasteiger partial charge in [0.2, 0.25) is 5.95 Å². The third kappa shape index (κ3) is 3.24. The van der Waals surface area contributed by atoms with Crippen LogP contribution in [0.2, 0.25) is 10.0 Å². The van der Waals surface area contributed by atoms with Gasteiger partial charge < -0.3 is 10.6 Å². The zero-order valence-electron chi connectivity index (χ0n) is 10.0. The molecule has 4 nitrogen and oxygen atoms in total. The van der Waals surface area contributed by atoms with Crippen molar-refractivity contribution in [3.63, 3.8) is 0 Å². The number of nitrogens with one attached hydrogen (secondary N) is 2. The Labute approximate surface area is 120 Å². The Morgan fingerprint density at radius 3 is 2.84 bits per heavy atom. The van der Waals surface area contributed by atoms with Crippen LogP contribution in [-0.4, -0.2) is 16.5 Å². The van der Waals surface area contributed by atoms with Crippen LogP contribution in [0, 0.1) is 5.82 Å². The van der Waals surface area contributed by atoms with Crippen molar-refractivity contribution < 1.29 is 4.39 Å². The van der Waals surface area contributed by atoms with E-state index < -0.39 is 5.82 Å². The minimum absolute atomic E-state index is 0.0371. The standard InChI is InChI=1S/C12H11Cl2FN4/c1-2-16-12-17-6-8(15)11(19-12)18-9-5-3-4-7(13)10(9)14/h3-6H,2H2,1H3,(H2,16,17,18,19). The minimum Gasteiger partial charge on any atom is -0.354 e. The van der Waals surface area contributed by atoms with Crippen molar-refractivity contribution in [3.05, 3.63) is 40.3 Å². The SMILES string of the molecule is CCNc1ncc(F)c(Nc2cccc(Cl)c2Cl)n1. The zero-order valence-corrected chi connectivity index (χ0v) is 11.6. The first-order valence-electron chi connectivity index (χ1n) is 5.59. The number of anilines is 3. The lowest BCUT2D eigenvalue weighted by atomic mass is 10.3. The summed E-state index contributed by atoms with van der Waals surface area (Å²) in [6.07, 6.45) is 1.09. The van der Waals surface area contributed by atoms with Crippen LogP contribution >= 0.6 is 23.2 Å². The molecule has 0 aliphatic rings. The second kappa shape index (κ2) is 6.04. The van der Waals surface area contributed by atoms with E-state index in [2.05, 4.69) is 20.6 Å². The lowest BCUT2D eigenvalue weighted by Gasteiger charge is -2.10. The highest BCUT2D eigenvalue weighted by Crippen LogP contribution is 2.31.